The molecule has 0 heterocycles. The first-order valence-electron chi connectivity index (χ1n) is 4.24. The van der Waals surface area contributed by atoms with E-state index in [-0.39, 0.29) is 5.41 Å². The summed E-state index contributed by atoms with van der Waals surface area (Å²) in [4.78, 5) is 18.1. The van der Waals surface area contributed by atoms with Crippen LogP contribution in [0.1, 0.15) is 40.5 Å². The van der Waals surface area contributed by atoms with Crippen molar-refractivity contribution in [2.45, 2.75) is 46.2 Å². The van der Waals surface area contributed by atoms with Gasteiger partial charge in [-0.05, 0) is 11.8 Å². The first kappa shape index (κ1) is 12.2. The van der Waals surface area contributed by atoms with Crippen LogP contribution in [0.3, 0.4) is 0 Å². The summed E-state index contributed by atoms with van der Waals surface area (Å²) >= 11 is 0. The summed E-state index contributed by atoms with van der Waals surface area (Å²) in [5, 5.41) is 0. The van der Waals surface area contributed by atoms with Crippen molar-refractivity contribution >= 4 is 7.60 Å². The van der Waals surface area contributed by atoms with E-state index in [1.165, 1.54) is 0 Å². The summed E-state index contributed by atoms with van der Waals surface area (Å²) in [7, 11) is -3.91. The topological polar surface area (TPSA) is 57.5 Å². The molecule has 0 radical (unpaired) electrons. The normalized spacial score (nSPS) is 16.2. The Hall–Kier alpha value is 0.150. The second-order valence-electron chi connectivity index (χ2n) is 4.26. The fourth-order valence-corrected chi connectivity index (χ4v) is 2.98. The zero-order valence-corrected chi connectivity index (χ0v) is 9.14. The molecule has 0 aliphatic carbocycles. The van der Waals surface area contributed by atoms with Crippen molar-refractivity contribution < 1.29 is 14.4 Å². The van der Waals surface area contributed by atoms with Gasteiger partial charge < -0.3 is 9.79 Å². The van der Waals surface area contributed by atoms with Crippen LogP contribution in [0.2, 0.25) is 0 Å². The van der Waals surface area contributed by atoms with E-state index in [1.807, 2.05) is 27.7 Å². The predicted octanol–water partition coefficient (Wildman–Crippen LogP) is 2.38. The molecule has 1 atom stereocenters. The van der Waals surface area contributed by atoms with Crippen molar-refractivity contribution in [2.75, 3.05) is 0 Å². The Morgan fingerprint density at radius 3 is 1.83 bits per heavy atom. The van der Waals surface area contributed by atoms with E-state index >= 15 is 0 Å². The van der Waals surface area contributed by atoms with E-state index in [0.717, 1.165) is 6.42 Å². The molecular formula is C8H19O3P. The Morgan fingerprint density at radius 1 is 1.33 bits per heavy atom. The van der Waals surface area contributed by atoms with Crippen molar-refractivity contribution in [3.63, 3.8) is 0 Å². The summed E-state index contributed by atoms with van der Waals surface area (Å²) in [5.74, 6) is 0. The van der Waals surface area contributed by atoms with Gasteiger partial charge >= 0.3 is 7.60 Å². The molecule has 74 valence electrons. The van der Waals surface area contributed by atoms with E-state index in [0.29, 0.717) is 6.42 Å². The largest absolute Gasteiger partial charge is 0.329 e. The van der Waals surface area contributed by atoms with E-state index in [4.69, 9.17) is 9.79 Å². The lowest BCUT2D eigenvalue weighted by molar-refractivity contribution is 0.286. The van der Waals surface area contributed by atoms with Crippen molar-refractivity contribution in [1.29, 1.82) is 0 Å². The summed E-state index contributed by atoms with van der Waals surface area (Å²) in [6.45, 7) is 7.54. The van der Waals surface area contributed by atoms with Gasteiger partial charge in [-0.2, -0.15) is 0 Å². The molecule has 1 unspecified atom stereocenters. The van der Waals surface area contributed by atoms with Crippen molar-refractivity contribution in [1.82, 2.24) is 0 Å². The van der Waals surface area contributed by atoms with Gasteiger partial charge in [-0.15, -0.1) is 0 Å². The molecule has 0 fully saturated rings. The van der Waals surface area contributed by atoms with Gasteiger partial charge in [0.15, 0.2) is 0 Å². The molecule has 3 nitrogen and oxygen atoms in total. The van der Waals surface area contributed by atoms with E-state index < -0.39 is 13.3 Å². The minimum absolute atomic E-state index is 0.310. The molecule has 0 aromatic rings. The second kappa shape index (κ2) is 3.91. The Balaban J connectivity index is 4.57. The van der Waals surface area contributed by atoms with E-state index in [2.05, 4.69) is 0 Å². The van der Waals surface area contributed by atoms with Crippen LogP contribution in [0.25, 0.3) is 0 Å². The van der Waals surface area contributed by atoms with Crippen LogP contribution in [0.5, 0.6) is 0 Å². The van der Waals surface area contributed by atoms with Crippen molar-refractivity contribution in [2.24, 2.45) is 5.41 Å². The molecule has 0 aliphatic heterocycles. The van der Waals surface area contributed by atoms with Crippen LogP contribution in [-0.2, 0) is 4.57 Å². The van der Waals surface area contributed by atoms with Gasteiger partial charge in [-0.25, -0.2) is 0 Å². The highest BCUT2D eigenvalue weighted by Gasteiger charge is 2.37. The van der Waals surface area contributed by atoms with Gasteiger partial charge in [-0.3, -0.25) is 4.57 Å². The Bertz CT molecular complexity index is 177. The minimum atomic E-state index is -3.91. The second-order valence-corrected chi connectivity index (χ2v) is 6.06. The Labute approximate surface area is 74.3 Å². The van der Waals surface area contributed by atoms with Crippen LogP contribution in [0.15, 0.2) is 0 Å². The van der Waals surface area contributed by atoms with Crippen molar-refractivity contribution in [3.05, 3.63) is 0 Å². The molecule has 12 heavy (non-hydrogen) atoms. The van der Waals surface area contributed by atoms with Gasteiger partial charge in [0.05, 0.1) is 5.66 Å². The first-order chi connectivity index (χ1) is 5.19. The molecule has 0 saturated carbocycles. The SMILES string of the molecule is CCCC(C(C)(C)C)P(=O)(O)O. The molecule has 0 spiro atoms. The fourth-order valence-electron chi connectivity index (χ4n) is 1.38. The Morgan fingerprint density at radius 2 is 1.75 bits per heavy atom. The molecule has 2 N–H and O–H groups in total. The van der Waals surface area contributed by atoms with E-state index in [9.17, 15) is 4.57 Å². The number of hydrogen-bond donors (Lipinski definition) is 2. The minimum Gasteiger partial charge on any atom is -0.324 e. The van der Waals surface area contributed by atoms with Gasteiger partial charge in [0.25, 0.3) is 0 Å². The third-order valence-electron chi connectivity index (χ3n) is 1.97. The molecule has 4 heteroatoms. The average Bonchev–Trinajstić information content (AvgIpc) is 1.77. The monoisotopic (exact) mass is 194 g/mol. The van der Waals surface area contributed by atoms with Crippen LogP contribution in [-0.4, -0.2) is 15.4 Å². The quantitative estimate of drug-likeness (QED) is 0.678. The average molecular weight is 194 g/mol. The highest BCUT2D eigenvalue weighted by molar-refractivity contribution is 7.52. The van der Waals surface area contributed by atoms with Gasteiger partial charge in [-0.1, -0.05) is 34.1 Å². The van der Waals surface area contributed by atoms with Gasteiger partial charge in [0, 0.05) is 0 Å². The van der Waals surface area contributed by atoms with Gasteiger partial charge in [0.1, 0.15) is 0 Å². The van der Waals surface area contributed by atoms with Crippen LogP contribution in [0, 0.1) is 5.41 Å². The molecule has 0 aromatic carbocycles. The lowest BCUT2D eigenvalue weighted by atomic mass is 9.89. The maximum Gasteiger partial charge on any atom is 0.329 e. The lowest BCUT2D eigenvalue weighted by Crippen LogP contribution is -2.26. The van der Waals surface area contributed by atoms with E-state index in [1.54, 1.807) is 0 Å². The summed E-state index contributed by atoms with van der Waals surface area (Å²) < 4.78 is 11.1. The first-order valence-corrected chi connectivity index (χ1v) is 5.93. The Kier molecular flexibility index (Phi) is 3.95. The highest BCUT2D eigenvalue weighted by Crippen LogP contribution is 2.51. The summed E-state index contributed by atoms with van der Waals surface area (Å²) in [5.41, 5.74) is -0.815. The predicted molar refractivity (Wildman–Crippen MR) is 50.2 cm³/mol. The third kappa shape index (κ3) is 3.70. The van der Waals surface area contributed by atoms with Crippen LogP contribution >= 0.6 is 7.60 Å². The third-order valence-corrected chi connectivity index (χ3v) is 3.81. The zero-order chi connectivity index (χ0) is 9.99. The molecule has 0 rings (SSSR count). The standard InChI is InChI=1S/C8H19O3P/c1-5-6-7(8(2,3)4)12(9,10)11/h7H,5-6H2,1-4H3,(H2,9,10,11). The maximum absolute atomic E-state index is 11.1. The molecule has 0 aliphatic rings. The smallest absolute Gasteiger partial charge is 0.324 e. The van der Waals surface area contributed by atoms with Crippen molar-refractivity contribution in [3.8, 4) is 0 Å². The molecule has 0 saturated heterocycles. The molecule has 0 aromatic heterocycles. The highest BCUT2D eigenvalue weighted by atomic mass is 31.2. The maximum atomic E-state index is 11.1. The zero-order valence-electron chi connectivity index (χ0n) is 8.24. The molecule has 0 amide bonds. The van der Waals surface area contributed by atoms with Gasteiger partial charge in [0.2, 0.25) is 0 Å². The summed E-state index contributed by atoms with van der Waals surface area (Å²) in [6, 6.07) is 0. The molecular weight excluding hydrogens is 175 g/mol. The summed E-state index contributed by atoms with van der Waals surface area (Å²) in [6.07, 6.45) is 1.40. The number of hydrogen-bond acceptors (Lipinski definition) is 1. The van der Waals surface area contributed by atoms with Crippen LogP contribution in [0.4, 0.5) is 0 Å². The lowest BCUT2D eigenvalue weighted by Gasteiger charge is -2.30. The molecule has 0 bridgehead atoms. The number of rotatable bonds is 3. The van der Waals surface area contributed by atoms with Crippen LogP contribution < -0.4 is 0 Å². The fraction of sp³-hybridized carbons (Fsp3) is 1.00.